The Bertz CT molecular complexity index is 792. The van der Waals surface area contributed by atoms with E-state index in [2.05, 4.69) is 41.7 Å². The van der Waals surface area contributed by atoms with E-state index < -0.39 is 0 Å². The third kappa shape index (κ3) is 5.31. The first-order chi connectivity index (χ1) is 14.8. The van der Waals surface area contributed by atoms with E-state index in [9.17, 15) is 4.79 Å². The molecule has 1 saturated carbocycles. The van der Waals surface area contributed by atoms with Gasteiger partial charge in [-0.25, -0.2) is 0 Å². The zero-order chi connectivity index (χ0) is 20.6. The smallest absolute Gasteiger partial charge is 0.256 e. The maximum absolute atomic E-state index is 13.2. The van der Waals surface area contributed by atoms with Gasteiger partial charge in [0.2, 0.25) is 0 Å². The van der Waals surface area contributed by atoms with Gasteiger partial charge in [-0.1, -0.05) is 106 Å². The largest absolute Gasteiger partial charge is 0.315 e. The number of rotatable bonds is 4. The molecule has 0 unspecified atom stereocenters. The lowest BCUT2D eigenvalue weighted by Crippen LogP contribution is -2.41. The number of carbonyl (C=O) groups excluding carboxylic acids is 1. The average Bonchev–Trinajstić information content (AvgIpc) is 3.02. The van der Waals surface area contributed by atoms with Crippen LogP contribution in [0, 0.1) is 0 Å². The summed E-state index contributed by atoms with van der Waals surface area (Å²) in [5, 5.41) is 3.93. The molecule has 0 saturated heterocycles. The van der Waals surface area contributed by atoms with E-state index in [1.807, 2.05) is 23.1 Å². The van der Waals surface area contributed by atoms with E-state index in [-0.39, 0.29) is 12.1 Å². The molecule has 0 aromatic heterocycles. The molecule has 0 spiro atoms. The van der Waals surface area contributed by atoms with Gasteiger partial charge in [0.05, 0.1) is 0 Å². The van der Waals surface area contributed by atoms with E-state index in [0.29, 0.717) is 12.6 Å². The van der Waals surface area contributed by atoms with Crippen molar-refractivity contribution in [1.82, 2.24) is 10.2 Å². The summed E-state index contributed by atoms with van der Waals surface area (Å²) in [6, 6.07) is 19.0. The molecule has 1 aliphatic carbocycles. The molecule has 3 nitrogen and oxygen atoms in total. The van der Waals surface area contributed by atoms with Crippen molar-refractivity contribution in [3.63, 3.8) is 0 Å². The Balaban J connectivity index is 1.51. The van der Waals surface area contributed by atoms with Gasteiger partial charge in [0, 0.05) is 23.7 Å². The second-order valence-electron chi connectivity index (χ2n) is 9.03. The van der Waals surface area contributed by atoms with Crippen LogP contribution in [-0.4, -0.2) is 16.8 Å². The van der Waals surface area contributed by atoms with Crippen molar-refractivity contribution in [2.45, 2.75) is 89.4 Å². The predicted octanol–water partition coefficient (Wildman–Crippen LogP) is 6.60. The lowest BCUT2D eigenvalue weighted by atomic mass is 9.97. The van der Waals surface area contributed by atoms with Crippen LogP contribution in [0.3, 0.4) is 0 Å². The van der Waals surface area contributed by atoms with Crippen LogP contribution >= 0.6 is 0 Å². The van der Waals surface area contributed by atoms with Crippen molar-refractivity contribution in [2.24, 2.45) is 0 Å². The van der Waals surface area contributed by atoms with E-state index in [0.717, 1.165) is 11.1 Å². The normalized spacial score (nSPS) is 21.7. The Labute approximate surface area is 181 Å². The van der Waals surface area contributed by atoms with Crippen molar-refractivity contribution in [3.05, 3.63) is 71.3 Å². The Morgan fingerprint density at radius 1 is 0.733 bits per heavy atom. The van der Waals surface area contributed by atoms with Crippen LogP contribution in [0.15, 0.2) is 54.6 Å². The molecular formula is C27H36N2O. The van der Waals surface area contributed by atoms with Crippen LogP contribution in [0.2, 0.25) is 0 Å². The van der Waals surface area contributed by atoms with Crippen molar-refractivity contribution in [1.29, 1.82) is 0 Å². The fraction of sp³-hybridized carbons (Fsp3) is 0.519. The van der Waals surface area contributed by atoms with Crippen molar-refractivity contribution in [3.8, 4) is 0 Å². The second kappa shape index (κ2) is 10.8. The summed E-state index contributed by atoms with van der Waals surface area (Å²) in [6.45, 7) is 0.652. The van der Waals surface area contributed by atoms with Gasteiger partial charge in [0.25, 0.3) is 5.91 Å². The molecule has 3 heteroatoms. The molecule has 1 fully saturated rings. The third-order valence-electron chi connectivity index (χ3n) is 6.75. The molecule has 4 rings (SSSR count). The monoisotopic (exact) mass is 404 g/mol. The van der Waals surface area contributed by atoms with Gasteiger partial charge in [-0.15, -0.1) is 0 Å². The number of hydrogen-bond acceptors (Lipinski definition) is 2. The first-order valence-corrected chi connectivity index (χ1v) is 12.0. The van der Waals surface area contributed by atoms with Crippen LogP contribution < -0.4 is 5.32 Å². The number of fused-ring (bicyclic) bond motifs is 1. The zero-order valence-electron chi connectivity index (χ0n) is 18.2. The molecule has 0 bridgehead atoms. The van der Waals surface area contributed by atoms with Crippen molar-refractivity contribution < 1.29 is 4.79 Å². The van der Waals surface area contributed by atoms with E-state index in [1.54, 1.807) is 0 Å². The summed E-state index contributed by atoms with van der Waals surface area (Å²) >= 11 is 0. The number of hydrogen-bond donors (Lipinski definition) is 1. The van der Waals surface area contributed by atoms with E-state index in [1.165, 1.54) is 76.2 Å². The molecular weight excluding hydrogens is 368 g/mol. The molecule has 2 aliphatic rings. The van der Waals surface area contributed by atoms with Crippen LogP contribution in [0.1, 0.15) is 98.3 Å². The third-order valence-corrected chi connectivity index (χ3v) is 6.75. The molecule has 1 N–H and O–H groups in total. The van der Waals surface area contributed by atoms with Gasteiger partial charge >= 0.3 is 0 Å². The highest BCUT2D eigenvalue weighted by atomic mass is 16.2. The minimum atomic E-state index is -0.0215. The van der Waals surface area contributed by atoms with E-state index in [4.69, 9.17) is 0 Å². The standard InChI is InChI=1S/C27H36N2O/c30-27-25-20-14-13-19-24(25)26(29(27)21-22-15-9-8-10-16-22)28-23-17-11-6-4-2-1-3-5-7-12-18-23/h8-10,13-16,19-20,23,26,28H,1-7,11-12,17-18,21H2/t26-/m1/s1. The Morgan fingerprint density at radius 2 is 1.30 bits per heavy atom. The summed E-state index contributed by atoms with van der Waals surface area (Å²) in [4.78, 5) is 15.3. The molecule has 2 aromatic rings. The lowest BCUT2D eigenvalue weighted by molar-refractivity contribution is 0.0658. The van der Waals surface area contributed by atoms with Gasteiger partial charge in [0.15, 0.2) is 0 Å². The number of benzene rings is 2. The summed E-state index contributed by atoms with van der Waals surface area (Å²) in [5.41, 5.74) is 3.19. The number of carbonyl (C=O) groups is 1. The second-order valence-corrected chi connectivity index (χ2v) is 9.03. The molecule has 1 amide bonds. The Morgan fingerprint density at radius 3 is 1.97 bits per heavy atom. The van der Waals surface area contributed by atoms with Crippen LogP contribution in [0.25, 0.3) is 0 Å². The highest BCUT2D eigenvalue weighted by molar-refractivity contribution is 5.99. The highest BCUT2D eigenvalue weighted by Crippen LogP contribution is 2.34. The maximum Gasteiger partial charge on any atom is 0.256 e. The number of nitrogens with one attached hydrogen (secondary N) is 1. The average molecular weight is 405 g/mol. The van der Waals surface area contributed by atoms with Crippen molar-refractivity contribution >= 4 is 5.91 Å². The summed E-state index contributed by atoms with van der Waals surface area (Å²) in [7, 11) is 0. The maximum atomic E-state index is 13.2. The molecule has 0 radical (unpaired) electrons. The SMILES string of the molecule is O=C1c2ccccc2[C@H](NC2CCCCCCCCCCC2)N1Cc1ccccc1. The molecule has 160 valence electrons. The Kier molecular flexibility index (Phi) is 7.58. The zero-order valence-corrected chi connectivity index (χ0v) is 18.2. The summed E-state index contributed by atoms with van der Waals surface area (Å²) < 4.78 is 0. The first kappa shape index (κ1) is 21.1. The number of amides is 1. The van der Waals surface area contributed by atoms with Gasteiger partial charge < -0.3 is 4.90 Å². The van der Waals surface area contributed by atoms with E-state index >= 15 is 0 Å². The number of nitrogens with zero attached hydrogens (tertiary/aromatic N) is 1. The van der Waals surface area contributed by atoms with Gasteiger partial charge in [-0.2, -0.15) is 0 Å². The molecule has 1 atom stereocenters. The van der Waals surface area contributed by atoms with Crippen LogP contribution in [0.4, 0.5) is 0 Å². The quantitative estimate of drug-likeness (QED) is 0.622. The fourth-order valence-corrected chi connectivity index (χ4v) is 5.05. The molecule has 1 aliphatic heterocycles. The Hall–Kier alpha value is -2.13. The first-order valence-electron chi connectivity index (χ1n) is 12.0. The van der Waals surface area contributed by atoms with Crippen LogP contribution in [-0.2, 0) is 6.54 Å². The topological polar surface area (TPSA) is 32.3 Å². The summed E-state index contributed by atoms with van der Waals surface area (Å²) in [5.74, 6) is 0.153. The van der Waals surface area contributed by atoms with Gasteiger partial charge in [0.1, 0.15) is 6.17 Å². The van der Waals surface area contributed by atoms with Crippen molar-refractivity contribution in [2.75, 3.05) is 0 Å². The molecule has 30 heavy (non-hydrogen) atoms. The summed E-state index contributed by atoms with van der Waals surface area (Å²) in [6.07, 6.45) is 14.6. The van der Waals surface area contributed by atoms with Crippen LogP contribution in [0.5, 0.6) is 0 Å². The van der Waals surface area contributed by atoms with Gasteiger partial charge in [-0.3, -0.25) is 10.1 Å². The predicted molar refractivity (Wildman–Crippen MR) is 123 cm³/mol. The van der Waals surface area contributed by atoms with Gasteiger partial charge in [-0.05, 0) is 24.5 Å². The minimum Gasteiger partial charge on any atom is -0.315 e. The fourth-order valence-electron chi connectivity index (χ4n) is 5.05. The molecule has 2 aromatic carbocycles. The lowest BCUT2D eigenvalue weighted by Gasteiger charge is -2.31. The minimum absolute atomic E-state index is 0.0215. The molecule has 1 heterocycles. The highest BCUT2D eigenvalue weighted by Gasteiger charge is 2.37.